The summed E-state index contributed by atoms with van der Waals surface area (Å²) in [4.78, 5) is 22.9. The van der Waals surface area contributed by atoms with Crippen LogP contribution in [0.4, 0.5) is 20.2 Å². The van der Waals surface area contributed by atoms with Crippen LogP contribution in [-0.4, -0.2) is 76.8 Å². The van der Waals surface area contributed by atoms with E-state index in [0.717, 1.165) is 42.9 Å². The van der Waals surface area contributed by atoms with Crippen molar-refractivity contribution >= 4 is 44.5 Å². The van der Waals surface area contributed by atoms with E-state index in [2.05, 4.69) is 19.8 Å². The molecule has 0 bridgehead atoms. The first kappa shape index (κ1) is 27.9. The maximum atomic E-state index is 13.8. The summed E-state index contributed by atoms with van der Waals surface area (Å²) in [6.07, 6.45) is 3.38. The van der Waals surface area contributed by atoms with Gasteiger partial charge in [-0.1, -0.05) is 11.6 Å². The van der Waals surface area contributed by atoms with Gasteiger partial charge in [0.1, 0.15) is 5.15 Å². The number of fused-ring (bicyclic) bond motifs is 2. The number of methoxy groups -OCH3 is 2. The zero-order valence-electron chi connectivity index (χ0n) is 22.1. The van der Waals surface area contributed by atoms with Gasteiger partial charge in [0, 0.05) is 48.5 Å². The Kier molecular flexibility index (Phi) is 8.53. The first-order chi connectivity index (χ1) is 19.4. The maximum Gasteiger partial charge on any atom is 0.256 e. The third-order valence-corrected chi connectivity index (χ3v) is 7.25. The van der Waals surface area contributed by atoms with E-state index >= 15 is 0 Å². The predicted octanol–water partition coefficient (Wildman–Crippen LogP) is 4.38. The molecule has 2 saturated heterocycles. The Labute approximate surface area is 234 Å². The molecule has 2 fully saturated rings. The van der Waals surface area contributed by atoms with Crippen LogP contribution in [0.15, 0.2) is 41.5 Å². The van der Waals surface area contributed by atoms with E-state index in [1.807, 2.05) is 0 Å². The Morgan fingerprint density at radius 2 is 1.30 bits per heavy atom. The fourth-order valence-corrected chi connectivity index (χ4v) is 5.08. The zero-order valence-corrected chi connectivity index (χ0v) is 22.9. The molecule has 2 aromatic heterocycles. The van der Waals surface area contributed by atoms with Crippen LogP contribution in [-0.2, 0) is 9.47 Å². The highest BCUT2D eigenvalue weighted by molar-refractivity contribution is 6.34. The summed E-state index contributed by atoms with van der Waals surface area (Å²) in [6, 6.07) is 5.83. The van der Waals surface area contributed by atoms with Crippen LogP contribution >= 0.6 is 11.6 Å². The van der Waals surface area contributed by atoms with E-state index < -0.39 is 11.6 Å². The number of pyridine rings is 2. The summed E-state index contributed by atoms with van der Waals surface area (Å²) < 4.78 is 48.3. The number of ether oxygens (including phenoxy) is 4. The molecule has 0 amide bonds. The minimum absolute atomic E-state index is 0.137. The van der Waals surface area contributed by atoms with Gasteiger partial charge in [-0.25, -0.2) is 13.8 Å². The van der Waals surface area contributed by atoms with Crippen molar-refractivity contribution < 1.29 is 27.7 Å². The number of nitrogens with zero attached hydrogens (tertiary/aromatic N) is 3. The normalized spacial score (nSPS) is 15.6. The lowest BCUT2D eigenvalue weighted by atomic mass is 10.1. The van der Waals surface area contributed by atoms with Crippen LogP contribution in [0, 0.1) is 11.6 Å². The van der Waals surface area contributed by atoms with Gasteiger partial charge in [-0.3, -0.25) is 4.79 Å². The van der Waals surface area contributed by atoms with E-state index in [-0.39, 0.29) is 17.1 Å². The summed E-state index contributed by atoms with van der Waals surface area (Å²) in [5, 5.41) is 2.74. The molecule has 0 radical (unpaired) electrons. The lowest BCUT2D eigenvalue weighted by Crippen LogP contribution is -2.36. The minimum atomic E-state index is -0.537. The summed E-state index contributed by atoms with van der Waals surface area (Å²) in [7, 11) is 2.85. The van der Waals surface area contributed by atoms with Gasteiger partial charge in [-0.05, 0) is 24.3 Å². The molecule has 1 N–H and O–H groups in total. The van der Waals surface area contributed by atoms with Crippen molar-refractivity contribution in [2.75, 3.05) is 76.6 Å². The number of anilines is 2. The quantitative estimate of drug-likeness (QED) is 0.359. The Bertz CT molecular complexity index is 1570. The van der Waals surface area contributed by atoms with Gasteiger partial charge in [0.25, 0.3) is 5.56 Å². The van der Waals surface area contributed by atoms with E-state index in [9.17, 15) is 13.6 Å². The number of morpholine rings is 2. The monoisotopic (exact) mass is 574 g/mol. The summed E-state index contributed by atoms with van der Waals surface area (Å²) >= 11 is 6.07. The van der Waals surface area contributed by atoms with Crippen molar-refractivity contribution in [1.82, 2.24) is 9.97 Å². The number of H-pyrrole nitrogens is 1. The highest BCUT2D eigenvalue weighted by Gasteiger charge is 2.19. The lowest BCUT2D eigenvalue weighted by molar-refractivity contribution is 0.122. The average molecular weight is 575 g/mol. The number of benzene rings is 2. The fourth-order valence-electron chi connectivity index (χ4n) is 4.87. The molecule has 2 aliphatic heterocycles. The van der Waals surface area contributed by atoms with Crippen molar-refractivity contribution in [3.63, 3.8) is 0 Å². The molecule has 2 aliphatic rings. The summed E-state index contributed by atoms with van der Waals surface area (Å²) in [6.45, 7) is 5.64. The Hall–Kier alpha value is -3.67. The first-order valence-electron chi connectivity index (χ1n) is 12.8. The zero-order chi connectivity index (χ0) is 28.2. The molecule has 0 spiro atoms. The second kappa shape index (κ2) is 12.2. The Morgan fingerprint density at radius 3 is 1.85 bits per heavy atom. The highest BCUT2D eigenvalue weighted by atomic mass is 35.5. The molecule has 2 aromatic carbocycles. The van der Waals surface area contributed by atoms with Crippen LogP contribution in [0.1, 0.15) is 0 Å². The molecule has 0 atom stereocenters. The molecular weight excluding hydrogens is 546 g/mol. The molecule has 6 rings (SSSR count). The van der Waals surface area contributed by atoms with Crippen LogP contribution in [0.3, 0.4) is 0 Å². The molecule has 0 aliphatic carbocycles. The largest absolute Gasteiger partial charge is 0.494 e. The molecule has 212 valence electrons. The second-order valence-electron chi connectivity index (χ2n) is 9.20. The van der Waals surface area contributed by atoms with Crippen molar-refractivity contribution in [2.45, 2.75) is 0 Å². The molecule has 40 heavy (non-hydrogen) atoms. The van der Waals surface area contributed by atoms with Crippen molar-refractivity contribution in [2.24, 2.45) is 0 Å². The van der Waals surface area contributed by atoms with E-state index in [0.29, 0.717) is 47.7 Å². The SMILES string of the molecule is COc1cc2c(N3CCOCC3)c[nH]c(=O)c2cc1F.COc1cc2c(N3CCOCC3)cnc(Cl)c2cc1F. The third kappa shape index (κ3) is 5.63. The standard InChI is InChI=1S/C14H14ClFN2O2.C14H15FN2O3/c1-19-13-7-9-10(6-11(13)16)14(15)17-8-12(9)18-2-4-20-5-3-18;1-19-13-7-9-10(6-11(13)15)14(18)16-8-12(9)17-2-4-20-5-3-17/h6-8H,2-5H2,1H3;6-8H,2-5H2,1H3,(H,16,18). The van der Waals surface area contributed by atoms with Gasteiger partial charge < -0.3 is 33.7 Å². The van der Waals surface area contributed by atoms with Crippen molar-refractivity contribution in [1.29, 1.82) is 0 Å². The maximum absolute atomic E-state index is 13.8. The minimum Gasteiger partial charge on any atom is -0.494 e. The number of aromatic nitrogens is 2. The topological polar surface area (TPSA) is 89.2 Å². The van der Waals surface area contributed by atoms with Gasteiger partial charge in [-0.15, -0.1) is 0 Å². The highest BCUT2D eigenvalue weighted by Crippen LogP contribution is 2.35. The lowest BCUT2D eigenvalue weighted by Gasteiger charge is -2.29. The van der Waals surface area contributed by atoms with Crippen molar-refractivity contribution in [3.8, 4) is 11.5 Å². The van der Waals surface area contributed by atoms with E-state index in [1.54, 1.807) is 24.5 Å². The third-order valence-electron chi connectivity index (χ3n) is 6.95. The fraction of sp³-hybridized carbons (Fsp3) is 0.357. The molecule has 9 nitrogen and oxygen atoms in total. The number of halogens is 3. The number of hydrogen-bond acceptors (Lipinski definition) is 8. The van der Waals surface area contributed by atoms with Crippen LogP contribution in [0.2, 0.25) is 5.15 Å². The Balaban J connectivity index is 0.000000161. The molecular formula is C28H29ClF2N4O5. The molecule has 0 unspecified atom stereocenters. The van der Waals surface area contributed by atoms with Crippen molar-refractivity contribution in [3.05, 3.63) is 63.8 Å². The molecule has 0 saturated carbocycles. The number of hydrogen-bond donors (Lipinski definition) is 1. The van der Waals surface area contributed by atoms with Gasteiger partial charge in [0.2, 0.25) is 0 Å². The number of rotatable bonds is 4. The molecule has 4 heterocycles. The van der Waals surface area contributed by atoms with Gasteiger partial charge >= 0.3 is 0 Å². The number of nitrogens with one attached hydrogen (secondary N) is 1. The summed E-state index contributed by atoms with van der Waals surface area (Å²) in [5.74, 6) is -0.639. The number of aromatic amines is 1. The van der Waals surface area contributed by atoms with Gasteiger partial charge in [-0.2, -0.15) is 0 Å². The van der Waals surface area contributed by atoms with Crippen LogP contribution in [0.25, 0.3) is 21.5 Å². The summed E-state index contributed by atoms with van der Waals surface area (Å²) in [5.41, 5.74) is 1.48. The molecule has 12 heteroatoms. The van der Waals surface area contributed by atoms with E-state index in [1.165, 1.54) is 26.4 Å². The average Bonchev–Trinajstić information content (AvgIpc) is 2.99. The van der Waals surface area contributed by atoms with Gasteiger partial charge in [0.15, 0.2) is 23.1 Å². The van der Waals surface area contributed by atoms with Crippen LogP contribution in [0.5, 0.6) is 11.5 Å². The predicted molar refractivity (Wildman–Crippen MR) is 150 cm³/mol. The Morgan fingerprint density at radius 1 is 0.800 bits per heavy atom. The first-order valence-corrected chi connectivity index (χ1v) is 13.1. The van der Waals surface area contributed by atoms with Gasteiger partial charge in [0.05, 0.1) is 63.6 Å². The van der Waals surface area contributed by atoms with E-state index in [4.69, 9.17) is 30.5 Å². The molecule has 4 aromatic rings. The van der Waals surface area contributed by atoms with Crippen LogP contribution < -0.4 is 24.8 Å². The second-order valence-corrected chi connectivity index (χ2v) is 9.56. The smallest absolute Gasteiger partial charge is 0.256 e.